The van der Waals surface area contributed by atoms with E-state index in [1.54, 1.807) is 0 Å². The van der Waals surface area contributed by atoms with E-state index in [9.17, 15) is 0 Å². The molecule has 184 valence electrons. The van der Waals surface area contributed by atoms with Crippen LogP contribution in [0, 0.1) is 6.92 Å². The van der Waals surface area contributed by atoms with E-state index in [-0.39, 0.29) is 0 Å². The monoisotopic (exact) mass is 519 g/mol. The van der Waals surface area contributed by atoms with Crippen LogP contribution in [0.15, 0.2) is 101 Å². The largest absolute Gasteiger partial charge is 0.452 e. The molecule has 4 aromatic heterocycles. The Morgan fingerprint density at radius 3 is 2.26 bits per heavy atom. The zero-order chi connectivity index (χ0) is 25.7. The summed E-state index contributed by atoms with van der Waals surface area (Å²) in [5.41, 5.74) is 5.82. The number of benzene rings is 5. The highest BCUT2D eigenvalue weighted by atomic mass is 32.1. The first kappa shape index (κ1) is 21.2. The molecule has 0 amide bonds. The van der Waals surface area contributed by atoms with Crippen LogP contribution in [0.3, 0.4) is 0 Å². The molecule has 0 spiro atoms. The van der Waals surface area contributed by atoms with E-state index in [4.69, 9.17) is 14.4 Å². The first-order valence-electron chi connectivity index (χ1n) is 13.1. The molecule has 39 heavy (non-hydrogen) atoms. The number of thiophene rings is 1. The van der Waals surface area contributed by atoms with Gasteiger partial charge in [0.05, 0.1) is 12.1 Å². The van der Waals surface area contributed by atoms with Crippen molar-refractivity contribution in [2.45, 2.75) is 13.5 Å². The van der Waals surface area contributed by atoms with Crippen LogP contribution in [-0.2, 0) is 6.54 Å². The van der Waals surface area contributed by atoms with Gasteiger partial charge in [-0.2, -0.15) is 0 Å². The number of rotatable bonds is 2. The smallest absolute Gasteiger partial charge is 0.177 e. The number of furan rings is 1. The Bertz CT molecular complexity index is 2440. The maximum Gasteiger partial charge on any atom is 0.177 e. The lowest BCUT2D eigenvalue weighted by Crippen LogP contribution is -2.04. The van der Waals surface area contributed by atoms with Crippen LogP contribution < -0.4 is 0 Å². The topological polar surface area (TPSA) is 43.9 Å². The maximum absolute atomic E-state index is 6.37. The van der Waals surface area contributed by atoms with Crippen LogP contribution in [0.5, 0.6) is 0 Å². The van der Waals surface area contributed by atoms with Crippen molar-refractivity contribution in [1.82, 2.24) is 14.5 Å². The number of hydrogen-bond donors (Lipinski definition) is 0. The molecule has 4 heterocycles. The van der Waals surface area contributed by atoms with Gasteiger partial charge in [-0.3, -0.25) is 0 Å². The van der Waals surface area contributed by atoms with Crippen LogP contribution in [0.25, 0.3) is 74.8 Å². The molecule has 0 saturated heterocycles. The molecule has 0 unspecified atom stereocenters. The lowest BCUT2D eigenvalue weighted by atomic mass is 10.00. The van der Waals surface area contributed by atoms with Crippen molar-refractivity contribution >= 4 is 86.2 Å². The second kappa shape index (κ2) is 7.65. The van der Waals surface area contributed by atoms with E-state index in [2.05, 4.69) is 83.4 Å². The number of nitrogens with zero attached hydrogens (tertiary/aromatic N) is 3. The summed E-state index contributed by atoms with van der Waals surface area (Å²) in [6, 6.07) is 34.5. The number of aryl methyl sites for hydroxylation is 1. The van der Waals surface area contributed by atoms with E-state index in [0.717, 1.165) is 33.6 Å². The Kier molecular flexibility index (Phi) is 4.16. The van der Waals surface area contributed by atoms with E-state index >= 15 is 0 Å². The molecule has 5 heteroatoms. The summed E-state index contributed by atoms with van der Waals surface area (Å²) >= 11 is 1.89. The van der Waals surface area contributed by atoms with E-state index in [1.807, 2.05) is 36.5 Å². The van der Waals surface area contributed by atoms with Crippen molar-refractivity contribution < 1.29 is 4.42 Å². The zero-order valence-electron chi connectivity index (χ0n) is 21.1. The van der Waals surface area contributed by atoms with Crippen LogP contribution in [-0.4, -0.2) is 14.5 Å². The summed E-state index contributed by atoms with van der Waals surface area (Å²) < 4.78 is 11.5. The molecule has 0 N–H and O–H groups in total. The van der Waals surface area contributed by atoms with Crippen molar-refractivity contribution in [3.8, 4) is 0 Å². The fourth-order valence-corrected chi connectivity index (χ4v) is 7.68. The summed E-state index contributed by atoms with van der Waals surface area (Å²) in [4.78, 5) is 9.72. The Labute approximate surface area is 226 Å². The third-order valence-corrected chi connectivity index (χ3v) is 9.14. The Morgan fingerprint density at radius 1 is 0.692 bits per heavy atom. The molecule has 0 saturated carbocycles. The van der Waals surface area contributed by atoms with E-state index in [1.165, 1.54) is 52.8 Å². The predicted molar refractivity (Wildman–Crippen MR) is 163 cm³/mol. The molecule has 0 radical (unpaired) electrons. The lowest BCUT2D eigenvalue weighted by molar-refractivity contribution is 0.651. The molecule has 0 aliphatic heterocycles. The van der Waals surface area contributed by atoms with Gasteiger partial charge in [0.1, 0.15) is 22.6 Å². The highest BCUT2D eigenvalue weighted by molar-refractivity contribution is 7.27. The van der Waals surface area contributed by atoms with Gasteiger partial charge in [-0.25, -0.2) is 9.97 Å². The standard InChI is InChI=1S/C34H21N3OS/c1-19-35-25(33-31(36-19)23-13-5-8-16-27(23)38-33)18-37-26-15-7-4-12-22(26)30-32(37)21-11-3-2-10-20(21)29-24-14-6-9-17-28(24)39-34(29)30/h2-17H,18H2,1H3. The molecule has 0 aliphatic rings. The normalized spacial score (nSPS) is 12.3. The van der Waals surface area contributed by atoms with Gasteiger partial charge in [0, 0.05) is 47.2 Å². The fourth-order valence-electron chi connectivity index (χ4n) is 6.40. The maximum atomic E-state index is 6.37. The highest BCUT2D eigenvalue weighted by Gasteiger charge is 2.22. The average molecular weight is 520 g/mol. The van der Waals surface area contributed by atoms with Crippen molar-refractivity contribution in [2.24, 2.45) is 0 Å². The van der Waals surface area contributed by atoms with Gasteiger partial charge in [-0.15, -0.1) is 11.3 Å². The summed E-state index contributed by atoms with van der Waals surface area (Å²) in [6.07, 6.45) is 0. The SMILES string of the molecule is Cc1nc(Cn2c3ccccc3c3c4sc5ccccc5c4c4ccccc4c32)c2oc3ccccc3c2n1. The Hall–Kier alpha value is -4.74. The Balaban J connectivity index is 1.46. The summed E-state index contributed by atoms with van der Waals surface area (Å²) in [6.45, 7) is 2.55. The molecule has 0 atom stereocenters. The minimum absolute atomic E-state index is 0.587. The van der Waals surface area contributed by atoms with Crippen molar-refractivity contribution in [2.75, 3.05) is 0 Å². The number of aromatic nitrogens is 3. The van der Waals surface area contributed by atoms with Gasteiger partial charge in [-0.05, 0) is 36.6 Å². The van der Waals surface area contributed by atoms with Crippen LogP contribution in [0.1, 0.15) is 11.5 Å². The molecule has 9 aromatic rings. The summed E-state index contributed by atoms with van der Waals surface area (Å²) in [5.74, 6) is 0.751. The van der Waals surface area contributed by atoms with E-state index < -0.39 is 0 Å². The lowest BCUT2D eigenvalue weighted by Gasteiger charge is -2.11. The van der Waals surface area contributed by atoms with Crippen LogP contribution >= 0.6 is 11.3 Å². The minimum atomic E-state index is 0.587. The van der Waals surface area contributed by atoms with Crippen molar-refractivity contribution in [3.63, 3.8) is 0 Å². The molecular weight excluding hydrogens is 498 g/mol. The van der Waals surface area contributed by atoms with Crippen molar-refractivity contribution in [3.05, 3.63) is 109 Å². The minimum Gasteiger partial charge on any atom is -0.452 e. The second-order valence-corrected chi connectivity index (χ2v) is 11.2. The van der Waals surface area contributed by atoms with Gasteiger partial charge in [0.2, 0.25) is 0 Å². The van der Waals surface area contributed by atoms with Gasteiger partial charge in [-0.1, -0.05) is 72.8 Å². The van der Waals surface area contributed by atoms with Crippen LogP contribution in [0.4, 0.5) is 0 Å². The van der Waals surface area contributed by atoms with E-state index in [0.29, 0.717) is 6.54 Å². The first-order chi connectivity index (χ1) is 19.3. The molecule has 0 aliphatic carbocycles. The van der Waals surface area contributed by atoms with Gasteiger partial charge in [0.15, 0.2) is 5.58 Å². The molecule has 5 aromatic carbocycles. The van der Waals surface area contributed by atoms with Gasteiger partial charge < -0.3 is 8.98 Å². The molecule has 9 rings (SSSR count). The van der Waals surface area contributed by atoms with Gasteiger partial charge in [0.25, 0.3) is 0 Å². The number of hydrogen-bond acceptors (Lipinski definition) is 4. The average Bonchev–Trinajstić information content (AvgIpc) is 3.64. The third-order valence-electron chi connectivity index (χ3n) is 7.95. The molecular formula is C34H21N3OS. The zero-order valence-corrected chi connectivity index (χ0v) is 21.9. The Morgan fingerprint density at radius 2 is 1.38 bits per heavy atom. The van der Waals surface area contributed by atoms with Crippen molar-refractivity contribution in [1.29, 1.82) is 0 Å². The van der Waals surface area contributed by atoms with Gasteiger partial charge >= 0.3 is 0 Å². The number of fused-ring (bicyclic) bond motifs is 13. The molecule has 0 fully saturated rings. The summed E-state index contributed by atoms with van der Waals surface area (Å²) in [5, 5.41) is 8.81. The highest BCUT2D eigenvalue weighted by Crippen LogP contribution is 2.47. The molecule has 0 bridgehead atoms. The number of para-hydroxylation sites is 2. The fraction of sp³-hybridized carbons (Fsp3) is 0.0588. The third kappa shape index (κ3) is 2.83. The second-order valence-electron chi connectivity index (χ2n) is 10.2. The van der Waals surface area contributed by atoms with Crippen LogP contribution in [0.2, 0.25) is 0 Å². The molecule has 4 nitrogen and oxygen atoms in total. The predicted octanol–water partition coefficient (Wildman–Crippen LogP) is 9.36. The summed E-state index contributed by atoms with van der Waals surface area (Å²) in [7, 11) is 0. The quantitative estimate of drug-likeness (QED) is 0.228. The first-order valence-corrected chi connectivity index (χ1v) is 14.0.